The molecule has 0 radical (unpaired) electrons. The van der Waals surface area contributed by atoms with Gasteiger partial charge in [-0.3, -0.25) is 9.59 Å². The van der Waals surface area contributed by atoms with Crippen LogP contribution >= 0.6 is 0 Å². The molecule has 34 heavy (non-hydrogen) atoms. The minimum Gasteiger partial charge on any atom is -0.481 e. The van der Waals surface area contributed by atoms with Gasteiger partial charge in [0.05, 0.1) is 6.42 Å². The molecule has 2 aromatic rings. The van der Waals surface area contributed by atoms with Gasteiger partial charge in [0.15, 0.2) is 0 Å². The van der Waals surface area contributed by atoms with Crippen molar-refractivity contribution in [2.24, 2.45) is 11.3 Å². The van der Waals surface area contributed by atoms with Gasteiger partial charge in [-0.1, -0.05) is 76.2 Å². The third kappa shape index (κ3) is 6.37. The van der Waals surface area contributed by atoms with Crippen LogP contribution in [0.5, 0.6) is 0 Å². The lowest BCUT2D eigenvalue weighted by Crippen LogP contribution is -2.49. The number of carboxylic acids is 1. The molecule has 3 N–H and O–H groups in total. The highest BCUT2D eigenvalue weighted by Gasteiger charge is 2.30. The van der Waals surface area contributed by atoms with Crippen molar-refractivity contribution in [1.29, 1.82) is 0 Å². The fraction of sp³-hybridized carbons (Fsp3) is 0.444. The number of carbonyl (C=O) groups excluding carboxylic acids is 2. The summed E-state index contributed by atoms with van der Waals surface area (Å²) in [4.78, 5) is 36.5. The van der Waals surface area contributed by atoms with E-state index in [1.165, 1.54) is 0 Å². The molecule has 0 unspecified atom stereocenters. The smallest absolute Gasteiger partial charge is 0.407 e. The molecule has 182 valence electrons. The number of nitrogens with one attached hydrogen (secondary N) is 2. The van der Waals surface area contributed by atoms with E-state index >= 15 is 0 Å². The highest BCUT2D eigenvalue weighted by atomic mass is 16.5. The number of amides is 2. The zero-order valence-electron chi connectivity index (χ0n) is 20.3. The molecular formula is C27H34N2O5. The lowest BCUT2D eigenvalue weighted by molar-refractivity contribution is -0.139. The second-order valence-corrected chi connectivity index (χ2v) is 10.1. The third-order valence-electron chi connectivity index (χ3n) is 6.03. The maximum atomic E-state index is 12.8. The second kappa shape index (κ2) is 10.7. The van der Waals surface area contributed by atoms with Gasteiger partial charge in [-0.2, -0.15) is 0 Å². The Morgan fingerprint density at radius 2 is 1.56 bits per heavy atom. The Morgan fingerprint density at radius 3 is 2.09 bits per heavy atom. The summed E-state index contributed by atoms with van der Waals surface area (Å²) in [5.41, 5.74) is 3.93. The Balaban J connectivity index is 1.62. The summed E-state index contributed by atoms with van der Waals surface area (Å²) < 4.78 is 5.59. The van der Waals surface area contributed by atoms with Crippen LogP contribution in [0.2, 0.25) is 0 Å². The number of aliphatic carboxylic acids is 1. The van der Waals surface area contributed by atoms with Gasteiger partial charge in [-0.15, -0.1) is 0 Å². The molecule has 0 saturated heterocycles. The monoisotopic (exact) mass is 466 g/mol. The fourth-order valence-electron chi connectivity index (χ4n) is 4.41. The van der Waals surface area contributed by atoms with Crippen LogP contribution in [0.3, 0.4) is 0 Å². The van der Waals surface area contributed by atoms with Gasteiger partial charge >= 0.3 is 12.1 Å². The van der Waals surface area contributed by atoms with Crippen molar-refractivity contribution in [2.45, 2.75) is 52.5 Å². The molecule has 3 rings (SSSR count). The van der Waals surface area contributed by atoms with Crippen molar-refractivity contribution in [2.75, 3.05) is 13.2 Å². The molecule has 7 heteroatoms. The maximum Gasteiger partial charge on any atom is 0.407 e. The zero-order chi connectivity index (χ0) is 24.9. The van der Waals surface area contributed by atoms with Crippen LogP contribution in [0.4, 0.5) is 4.79 Å². The number of carboxylic acid groups (broad SMARTS) is 1. The largest absolute Gasteiger partial charge is 0.481 e. The number of fused-ring (bicyclic) bond motifs is 3. The number of carbonyl (C=O) groups is 3. The van der Waals surface area contributed by atoms with Crippen LogP contribution in [-0.4, -0.2) is 42.3 Å². The number of benzene rings is 2. The van der Waals surface area contributed by atoms with E-state index in [0.29, 0.717) is 6.42 Å². The molecule has 1 aliphatic rings. The van der Waals surface area contributed by atoms with E-state index in [-0.39, 0.29) is 37.3 Å². The highest BCUT2D eigenvalue weighted by molar-refractivity contribution is 5.86. The Morgan fingerprint density at radius 1 is 1.00 bits per heavy atom. The van der Waals surface area contributed by atoms with E-state index in [1.807, 2.05) is 38.1 Å². The quantitative estimate of drug-likeness (QED) is 0.476. The van der Waals surface area contributed by atoms with E-state index in [4.69, 9.17) is 9.84 Å². The Bertz CT molecular complexity index is 1000. The molecule has 0 spiro atoms. The molecule has 0 saturated carbocycles. The van der Waals surface area contributed by atoms with Gasteiger partial charge in [-0.05, 0) is 40.0 Å². The minimum atomic E-state index is -0.922. The maximum absolute atomic E-state index is 12.8. The van der Waals surface area contributed by atoms with Crippen LogP contribution in [0, 0.1) is 11.3 Å². The summed E-state index contributed by atoms with van der Waals surface area (Å²) in [5.74, 6) is -1.17. The van der Waals surface area contributed by atoms with Gasteiger partial charge in [0.1, 0.15) is 12.6 Å². The molecule has 1 atom stereocenters. The fourth-order valence-corrected chi connectivity index (χ4v) is 4.41. The van der Waals surface area contributed by atoms with Crippen LogP contribution in [0.15, 0.2) is 48.5 Å². The van der Waals surface area contributed by atoms with Gasteiger partial charge in [-0.25, -0.2) is 4.79 Å². The zero-order valence-corrected chi connectivity index (χ0v) is 20.3. The first-order valence-corrected chi connectivity index (χ1v) is 11.7. The van der Waals surface area contributed by atoms with E-state index in [2.05, 4.69) is 34.9 Å². The molecular weight excluding hydrogens is 432 g/mol. The topological polar surface area (TPSA) is 105 Å². The average Bonchev–Trinajstić information content (AvgIpc) is 3.08. The van der Waals surface area contributed by atoms with Crippen molar-refractivity contribution in [3.8, 4) is 11.1 Å². The van der Waals surface area contributed by atoms with Crippen molar-refractivity contribution < 1.29 is 24.2 Å². The first kappa shape index (κ1) is 25.3. The minimum absolute atomic E-state index is 0.0626. The SMILES string of the molecule is CC(C)C[C@H](NC(=O)OCC1c2ccccc2-c2ccccc21)C(=O)NCC(C)(C)CC(=O)O. The van der Waals surface area contributed by atoms with E-state index in [9.17, 15) is 14.4 Å². The normalized spacial score (nSPS) is 13.7. The van der Waals surface area contributed by atoms with Gasteiger partial charge in [0, 0.05) is 12.5 Å². The summed E-state index contributed by atoms with van der Waals surface area (Å²) in [6.45, 7) is 7.85. The molecule has 1 aliphatic carbocycles. The molecule has 0 bridgehead atoms. The molecule has 0 heterocycles. The van der Waals surface area contributed by atoms with Crippen molar-refractivity contribution >= 4 is 18.0 Å². The predicted molar refractivity (Wildman–Crippen MR) is 130 cm³/mol. The third-order valence-corrected chi connectivity index (χ3v) is 6.03. The van der Waals surface area contributed by atoms with Gasteiger partial charge < -0.3 is 20.5 Å². The van der Waals surface area contributed by atoms with Crippen molar-refractivity contribution in [3.63, 3.8) is 0 Å². The summed E-state index contributed by atoms with van der Waals surface area (Å²) in [6.07, 6.45) is -0.274. The molecule has 2 amide bonds. The summed E-state index contributed by atoms with van der Waals surface area (Å²) >= 11 is 0. The first-order chi connectivity index (χ1) is 16.1. The van der Waals surface area contributed by atoms with E-state index in [1.54, 1.807) is 13.8 Å². The second-order valence-electron chi connectivity index (χ2n) is 10.1. The Kier molecular flexibility index (Phi) is 7.97. The number of rotatable bonds is 10. The lowest BCUT2D eigenvalue weighted by Gasteiger charge is -2.26. The molecule has 7 nitrogen and oxygen atoms in total. The average molecular weight is 467 g/mol. The standard InChI is InChI=1S/C27H34N2O5/c1-17(2)13-23(25(32)28-16-27(3,4)14-24(30)31)29-26(33)34-15-22-20-11-7-5-9-18(20)19-10-6-8-12-21(19)22/h5-12,17,22-23H,13-16H2,1-4H3,(H,28,32)(H,29,33)(H,30,31)/t23-/m0/s1. The summed E-state index contributed by atoms with van der Waals surface area (Å²) in [6, 6.07) is 15.4. The molecule has 0 fully saturated rings. The first-order valence-electron chi connectivity index (χ1n) is 11.7. The summed E-state index contributed by atoms with van der Waals surface area (Å²) in [7, 11) is 0. The summed E-state index contributed by atoms with van der Waals surface area (Å²) in [5, 5.41) is 14.5. The number of hydrogen-bond donors (Lipinski definition) is 3. The Hall–Kier alpha value is -3.35. The van der Waals surface area contributed by atoms with Crippen LogP contribution in [0.25, 0.3) is 11.1 Å². The van der Waals surface area contributed by atoms with Crippen molar-refractivity contribution in [1.82, 2.24) is 10.6 Å². The number of ether oxygens (including phenoxy) is 1. The van der Waals surface area contributed by atoms with Crippen molar-refractivity contribution in [3.05, 3.63) is 59.7 Å². The predicted octanol–water partition coefficient (Wildman–Crippen LogP) is 4.56. The number of hydrogen-bond acceptors (Lipinski definition) is 4. The van der Waals surface area contributed by atoms with Crippen LogP contribution in [-0.2, 0) is 14.3 Å². The van der Waals surface area contributed by atoms with Crippen LogP contribution < -0.4 is 10.6 Å². The van der Waals surface area contributed by atoms with E-state index < -0.39 is 23.5 Å². The highest BCUT2D eigenvalue weighted by Crippen LogP contribution is 2.44. The number of alkyl carbamates (subject to hydrolysis) is 1. The van der Waals surface area contributed by atoms with Gasteiger partial charge in [0.2, 0.25) is 5.91 Å². The molecule has 0 aromatic heterocycles. The molecule has 0 aliphatic heterocycles. The molecule has 2 aromatic carbocycles. The van der Waals surface area contributed by atoms with E-state index in [0.717, 1.165) is 22.3 Å². The van der Waals surface area contributed by atoms with Gasteiger partial charge in [0.25, 0.3) is 0 Å². The van der Waals surface area contributed by atoms with Crippen LogP contribution in [0.1, 0.15) is 57.6 Å². The Labute approximate surface area is 200 Å². The lowest BCUT2D eigenvalue weighted by atomic mass is 9.89.